The highest BCUT2D eigenvalue weighted by Crippen LogP contribution is 2.41. The number of Topliss-reactive ketones (excluding diaryl/α,β-unsaturated/α-hetero) is 1. The van der Waals surface area contributed by atoms with Crippen LogP contribution in [0, 0.1) is 0 Å². The summed E-state index contributed by atoms with van der Waals surface area (Å²) in [5, 5.41) is 12.7. The lowest BCUT2D eigenvalue weighted by atomic mass is 9.89. The number of amides is 4. The number of hydrogen-bond acceptors (Lipinski definition) is 5. The van der Waals surface area contributed by atoms with Gasteiger partial charge in [0.2, 0.25) is 11.8 Å². The number of anilines is 1. The molecule has 3 heterocycles. The zero-order valence-corrected chi connectivity index (χ0v) is 19.2. The molecule has 0 aliphatic carbocycles. The second-order valence-electron chi connectivity index (χ2n) is 8.76. The molecule has 1 unspecified atom stereocenters. The first kappa shape index (κ1) is 22.5. The number of likely N-dealkylation sites (N-methyl/N-ethyl adjacent to an activating group) is 1. The number of aliphatic hydroxyl groups is 1. The van der Waals surface area contributed by atoms with E-state index in [1.54, 1.807) is 23.1 Å². The zero-order valence-electron chi connectivity index (χ0n) is 19.2. The Morgan fingerprint density at radius 1 is 1.17 bits per heavy atom. The number of aliphatic hydroxyl groups excluding tert-OH is 1. The molecule has 2 bridgehead atoms. The number of hydrogen-bond donors (Lipinski definition) is 2. The van der Waals surface area contributed by atoms with Crippen LogP contribution in [-0.2, 0) is 22.7 Å². The Morgan fingerprint density at radius 2 is 1.91 bits per heavy atom. The maximum absolute atomic E-state index is 13.1. The van der Waals surface area contributed by atoms with Crippen LogP contribution in [0.15, 0.2) is 55.1 Å². The fourth-order valence-corrected chi connectivity index (χ4v) is 4.96. The number of urea groups is 1. The molecule has 2 aromatic carbocycles. The quantitative estimate of drug-likeness (QED) is 0.423. The van der Waals surface area contributed by atoms with Crippen LogP contribution >= 0.6 is 0 Å². The van der Waals surface area contributed by atoms with Gasteiger partial charge in [0.1, 0.15) is 6.61 Å². The van der Waals surface area contributed by atoms with Gasteiger partial charge in [-0.25, -0.2) is 4.79 Å². The lowest BCUT2D eigenvalue weighted by Crippen LogP contribution is -2.56. The molecule has 1 atom stereocenters. The predicted molar refractivity (Wildman–Crippen MR) is 129 cm³/mol. The smallest absolute Gasteiger partial charge is 0.326 e. The first-order valence-electron chi connectivity index (χ1n) is 11.2. The third-order valence-corrected chi connectivity index (χ3v) is 6.71. The maximum atomic E-state index is 13.1. The van der Waals surface area contributed by atoms with Crippen molar-refractivity contribution in [1.82, 2.24) is 14.4 Å². The highest BCUT2D eigenvalue weighted by molar-refractivity contribution is 6.05. The number of imide groups is 1. The number of rotatable bonds is 6. The summed E-state index contributed by atoms with van der Waals surface area (Å²) in [6.07, 6.45) is 1.19. The summed E-state index contributed by atoms with van der Waals surface area (Å²) in [6.45, 7) is 4.07. The van der Waals surface area contributed by atoms with Crippen molar-refractivity contribution in [2.24, 2.45) is 0 Å². The third kappa shape index (κ3) is 3.70. The lowest BCUT2D eigenvalue weighted by molar-refractivity contribution is -0.132. The molecule has 9 heteroatoms. The fourth-order valence-electron chi connectivity index (χ4n) is 4.96. The Labute approximate surface area is 201 Å². The molecule has 4 amide bonds. The van der Waals surface area contributed by atoms with E-state index in [0.29, 0.717) is 30.9 Å². The van der Waals surface area contributed by atoms with E-state index in [2.05, 4.69) is 16.5 Å². The minimum atomic E-state index is -0.548. The largest absolute Gasteiger partial charge is 0.388 e. The molecule has 35 heavy (non-hydrogen) atoms. The summed E-state index contributed by atoms with van der Waals surface area (Å²) in [6, 6.07) is 12.2. The summed E-state index contributed by atoms with van der Waals surface area (Å²) in [7, 11) is 1.50. The molecular formula is C26H24N4O5. The number of fused-ring (bicyclic) bond motifs is 6. The summed E-state index contributed by atoms with van der Waals surface area (Å²) < 4.78 is 2.08. The van der Waals surface area contributed by atoms with Crippen molar-refractivity contribution in [2.45, 2.75) is 19.0 Å². The van der Waals surface area contributed by atoms with Gasteiger partial charge in [-0.15, -0.1) is 0 Å². The van der Waals surface area contributed by atoms with Crippen LogP contribution in [0.5, 0.6) is 0 Å². The minimum Gasteiger partial charge on any atom is -0.388 e. The SMILES string of the molecule is C=CC(=O)Nc1ccc2c(c1)c1c(n2Cc2ccc(C(=O)CO)cc2)CN2CC1C(=O)N(C)C2=O. The van der Waals surface area contributed by atoms with E-state index in [9.17, 15) is 19.2 Å². The van der Waals surface area contributed by atoms with Crippen LogP contribution in [-0.4, -0.2) is 63.3 Å². The van der Waals surface area contributed by atoms with E-state index in [1.165, 1.54) is 18.0 Å². The van der Waals surface area contributed by atoms with Crippen molar-refractivity contribution in [1.29, 1.82) is 0 Å². The Morgan fingerprint density at radius 3 is 2.60 bits per heavy atom. The molecule has 0 saturated carbocycles. The van der Waals surface area contributed by atoms with Crippen molar-refractivity contribution < 1.29 is 24.3 Å². The molecular weight excluding hydrogens is 448 g/mol. The van der Waals surface area contributed by atoms with Gasteiger partial charge in [0.15, 0.2) is 5.78 Å². The minimum absolute atomic E-state index is 0.251. The molecule has 178 valence electrons. The van der Waals surface area contributed by atoms with E-state index in [4.69, 9.17) is 5.11 Å². The predicted octanol–water partition coefficient (Wildman–Crippen LogP) is 2.48. The van der Waals surface area contributed by atoms with E-state index in [0.717, 1.165) is 27.7 Å². The van der Waals surface area contributed by atoms with Crippen LogP contribution in [0.25, 0.3) is 10.9 Å². The molecule has 1 aromatic heterocycles. The Kier molecular flexibility index (Phi) is 5.49. The van der Waals surface area contributed by atoms with Gasteiger partial charge in [-0.05, 0) is 35.4 Å². The number of ketones is 1. The molecule has 1 fully saturated rings. The van der Waals surface area contributed by atoms with Crippen molar-refractivity contribution in [3.05, 3.63) is 77.5 Å². The van der Waals surface area contributed by atoms with Crippen molar-refractivity contribution >= 4 is 40.2 Å². The van der Waals surface area contributed by atoms with Gasteiger partial charge in [-0.3, -0.25) is 19.3 Å². The van der Waals surface area contributed by atoms with Gasteiger partial charge in [0, 0.05) is 48.0 Å². The second-order valence-corrected chi connectivity index (χ2v) is 8.76. The normalized spacial score (nSPS) is 16.9. The number of nitrogens with one attached hydrogen (secondary N) is 1. The first-order chi connectivity index (χ1) is 16.8. The number of aromatic nitrogens is 1. The monoisotopic (exact) mass is 472 g/mol. The molecule has 2 aliphatic rings. The molecule has 0 spiro atoms. The maximum Gasteiger partial charge on any atom is 0.326 e. The van der Waals surface area contributed by atoms with E-state index in [1.807, 2.05) is 24.3 Å². The van der Waals surface area contributed by atoms with Crippen molar-refractivity contribution in [3.63, 3.8) is 0 Å². The van der Waals surface area contributed by atoms with E-state index in [-0.39, 0.29) is 23.6 Å². The van der Waals surface area contributed by atoms with Gasteiger partial charge in [0.05, 0.1) is 12.5 Å². The van der Waals surface area contributed by atoms with Crippen LogP contribution in [0.1, 0.15) is 33.1 Å². The summed E-state index contributed by atoms with van der Waals surface area (Å²) in [5.41, 5.74) is 4.54. The Bertz CT molecular complexity index is 1410. The standard InChI is InChI=1S/C26H24N4O5/c1-3-23(33)27-17-8-9-20-18(10-17)24-19-12-29(26(35)28(2)25(19)34)13-21(24)30(20)11-15-4-6-16(7-5-15)22(32)14-31/h3-10,19,31H,1,11-14H2,2H3,(H,27,33). The van der Waals surface area contributed by atoms with Crippen molar-refractivity contribution in [3.8, 4) is 0 Å². The van der Waals surface area contributed by atoms with Gasteiger partial charge in [-0.1, -0.05) is 30.8 Å². The van der Waals surface area contributed by atoms with Crippen LogP contribution in [0.2, 0.25) is 0 Å². The molecule has 5 rings (SSSR count). The summed E-state index contributed by atoms with van der Waals surface area (Å²) >= 11 is 0. The molecule has 2 aliphatic heterocycles. The van der Waals surface area contributed by atoms with Gasteiger partial charge >= 0.3 is 6.03 Å². The zero-order chi connectivity index (χ0) is 24.9. The Hall–Kier alpha value is -4.24. The molecule has 3 aromatic rings. The Balaban J connectivity index is 1.64. The van der Waals surface area contributed by atoms with Crippen LogP contribution in [0.3, 0.4) is 0 Å². The number of nitrogens with zero attached hydrogens (tertiary/aromatic N) is 3. The fraction of sp³-hybridized carbons (Fsp3) is 0.231. The average Bonchev–Trinajstić information content (AvgIpc) is 3.18. The average molecular weight is 473 g/mol. The molecule has 2 N–H and O–H groups in total. The van der Waals surface area contributed by atoms with E-state index < -0.39 is 12.5 Å². The number of carbonyl (C=O) groups is 4. The highest BCUT2D eigenvalue weighted by atomic mass is 16.3. The lowest BCUT2D eigenvalue weighted by Gasteiger charge is -2.41. The van der Waals surface area contributed by atoms with Crippen molar-refractivity contribution in [2.75, 3.05) is 25.5 Å². The van der Waals surface area contributed by atoms with Gasteiger partial charge in [0.25, 0.3) is 0 Å². The summed E-state index contributed by atoms with van der Waals surface area (Å²) in [4.78, 5) is 52.3. The van der Waals surface area contributed by atoms with Crippen LogP contribution < -0.4 is 5.32 Å². The number of carbonyl (C=O) groups excluding carboxylic acids is 4. The van der Waals surface area contributed by atoms with E-state index >= 15 is 0 Å². The van der Waals surface area contributed by atoms with Crippen LogP contribution in [0.4, 0.5) is 10.5 Å². The first-order valence-corrected chi connectivity index (χ1v) is 11.2. The molecule has 0 radical (unpaired) electrons. The second kappa shape index (κ2) is 8.52. The summed E-state index contributed by atoms with van der Waals surface area (Å²) in [5.74, 6) is -1.43. The number of benzene rings is 2. The topological polar surface area (TPSA) is 112 Å². The van der Waals surface area contributed by atoms with Gasteiger partial charge < -0.3 is 19.9 Å². The van der Waals surface area contributed by atoms with Gasteiger partial charge in [-0.2, -0.15) is 0 Å². The highest BCUT2D eigenvalue weighted by Gasteiger charge is 2.44. The molecule has 1 saturated heterocycles. The molecule has 9 nitrogen and oxygen atoms in total. The third-order valence-electron chi connectivity index (χ3n) is 6.71.